The molecule has 0 heterocycles. The van der Waals surface area contributed by atoms with E-state index in [9.17, 15) is 13.2 Å². The Balaban J connectivity index is 2.09. The zero-order valence-corrected chi connectivity index (χ0v) is 20.9. The minimum atomic E-state index is -3.34. The van der Waals surface area contributed by atoms with Crippen LogP contribution in [-0.2, 0) is 14.8 Å². The van der Waals surface area contributed by atoms with Gasteiger partial charge in [0.2, 0.25) is 10.0 Å². The van der Waals surface area contributed by atoms with E-state index in [1.165, 1.54) is 11.4 Å². The van der Waals surface area contributed by atoms with Crippen LogP contribution < -0.4 is 19.1 Å². The van der Waals surface area contributed by atoms with Crippen molar-refractivity contribution in [2.24, 2.45) is 0 Å². The molecule has 2 rings (SSSR count). The van der Waals surface area contributed by atoms with E-state index in [1.807, 2.05) is 19.9 Å². The van der Waals surface area contributed by atoms with Crippen molar-refractivity contribution >= 4 is 21.6 Å². The molecule has 0 fully saturated rings. The molecule has 8 heteroatoms. The first-order valence-corrected chi connectivity index (χ1v) is 12.4. The number of amides is 1. The zero-order chi connectivity index (χ0) is 24.2. The number of anilines is 1. The second kappa shape index (κ2) is 10.3. The van der Waals surface area contributed by atoms with Crippen LogP contribution in [0.1, 0.15) is 56.3 Å². The fraction of sp³-hybridized carbons (Fsp3) is 0.458. The van der Waals surface area contributed by atoms with Gasteiger partial charge in [0.1, 0.15) is 11.5 Å². The van der Waals surface area contributed by atoms with Crippen molar-refractivity contribution in [3.8, 4) is 11.5 Å². The number of ether oxygens (including phenoxy) is 2. The largest absolute Gasteiger partial charge is 0.496 e. The molecule has 7 nitrogen and oxygen atoms in total. The number of nitrogens with one attached hydrogen (secondary N) is 1. The quantitative estimate of drug-likeness (QED) is 0.605. The number of benzene rings is 2. The van der Waals surface area contributed by atoms with Crippen LogP contribution >= 0.6 is 0 Å². The summed E-state index contributed by atoms with van der Waals surface area (Å²) in [6.45, 7) is 9.84. The lowest BCUT2D eigenvalue weighted by molar-refractivity contribution is -0.127. The average molecular weight is 463 g/mol. The Labute approximate surface area is 191 Å². The Kier molecular flexibility index (Phi) is 8.18. The maximum absolute atomic E-state index is 12.7. The molecular formula is C24H34N2O5S. The Morgan fingerprint density at radius 2 is 1.62 bits per heavy atom. The van der Waals surface area contributed by atoms with Gasteiger partial charge in [-0.3, -0.25) is 9.10 Å². The van der Waals surface area contributed by atoms with Crippen molar-refractivity contribution in [2.45, 2.75) is 52.7 Å². The van der Waals surface area contributed by atoms with E-state index in [-0.39, 0.29) is 11.9 Å². The molecule has 1 amide bonds. The molecule has 2 atom stereocenters. The van der Waals surface area contributed by atoms with E-state index >= 15 is 0 Å². The molecule has 0 spiro atoms. The van der Waals surface area contributed by atoms with Crippen LogP contribution in [0.4, 0.5) is 5.69 Å². The minimum Gasteiger partial charge on any atom is -0.496 e. The second-order valence-corrected chi connectivity index (χ2v) is 10.3. The van der Waals surface area contributed by atoms with E-state index in [0.717, 1.165) is 28.7 Å². The van der Waals surface area contributed by atoms with E-state index in [2.05, 4.69) is 25.2 Å². The van der Waals surface area contributed by atoms with Gasteiger partial charge in [-0.25, -0.2) is 8.42 Å². The molecule has 0 aliphatic heterocycles. The summed E-state index contributed by atoms with van der Waals surface area (Å²) in [5, 5.41) is 3.02. The summed E-state index contributed by atoms with van der Waals surface area (Å²) in [6, 6.07) is 10.5. The Hall–Kier alpha value is -2.74. The van der Waals surface area contributed by atoms with Crippen LogP contribution in [-0.4, -0.2) is 40.8 Å². The van der Waals surface area contributed by atoms with Gasteiger partial charge in [0, 0.05) is 7.05 Å². The molecule has 2 aromatic carbocycles. The molecule has 0 aliphatic rings. The van der Waals surface area contributed by atoms with Gasteiger partial charge >= 0.3 is 0 Å². The molecule has 0 radical (unpaired) electrons. The topological polar surface area (TPSA) is 84.9 Å². The standard InChI is InChI=1S/C24H34N2O5S/c1-15(2)21-14-22(16(3)13-23(21)30-7)17(4)25-24(27)18(5)31-20-11-9-19(10-12-20)26(6)32(8,28)29/h9-15,17-18H,1-8H3,(H,25,27)/t17-,18-/m0/s1. The molecule has 176 valence electrons. The van der Waals surface area contributed by atoms with Gasteiger partial charge in [-0.15, -0.1) is 0 Å². The van der Waals surface area contributed by atoms with Gasteiger partial charge in [0.15, 0.2) is 6.10 Å². The smallest absolute Gasteiger partial charge is 0.261 e. The minimum absolute atomic E-state index is 0.206. The van der Waals surface area contributed by atoms with E-state index < -0.39 is 16.1 Å². The van der Waals surface area contributed by atoms with Gasteiger partial charge in [-0.1, -0.05) is 13.8 Å². The van der Waals surface area contributed by atoms with Crippen molar-refractivity contribution in [2.75, 3.05) is 24.7 Å². The summed E-state index contributed by atoms with van der Waals surface area (Å²) in [4.78, 5) is 12.7. The monoisotopic (exact) mass is 462 g/mol. The summed E-state index contributed by atoms with van der Waals surface area (Å²) in [5.74, 6) is 1.38. The lowest BCUT2D eigenvalue weighted by Crippen LogP contribution is -2.38. The maximum atomic E-state index is 12.7. The van der Waals surface area contributed by atoms with Crippen molar-refractivity contribution in [1.82, 2.24) is 5.32 Å². The fourth-order valence-electron chi connectivity index (χ4n) is 3.40. The summed E-state index contributed by atoms with van der Waals surface area (Å²) < 4.78 is 35.8. The SMILES string of the molecule is COc1cc(C)c([C@H](C)NC(=O)[C@H](C)Oc2ccc(N(C)S(C)(=O)=O)cc2)cc1C(C)C. The molecular weight excluding hydrogens is 428 g/mol. The first-order chi connectivity index (χ1) is 14.8. The number of nitrogens with zero attached hydrogens (tertiary/aromatic N) is 1. The Bertz CT molecular complexity index is 1050. The number of carbonyl (C=O) groups excluding carboxylic acids is 1. The van der Waals surface area contributed by atoms with Crippen LogP contribution in [0.5, 0.6) is 11.5 Å². The summed E-state index contributed by atoms with van der Waals surface area (Å²) in [5.41, 5.74) is 3.68. The molecule has 0 unspecified atom stereocenters. The molecule has 32 heavy (non-hydrogen) atoms. The predicted molar refractivity (Wildman–Crippen MR) is 128 cm³/mol. The molecule has 0 bridgehead atoms. The van der Waals surface area contributed by atoms with Crippen LogP contribution in [0, 0.1) is 6.92 Å². The predicted octanol–water partition coefficient (Wildman–Crippen LogP) is 4.17. The van der Waals surface area contributed by atoms with Crippen LogP contribution in [0.2, 0.25) is 0 Å². The molecule has 0 saturated heterocycles. The highest BCUT2D eigenvalue weighted by Gasteiger charge is 2.21. The number of hydrogen-bond donors (Lipinski definition) is 1. The van der Waals surface area contributed by atoms with E-state index in [1.54, 1.807) is 38.3 Å². The maximum Gasteiger partial charge on any atom is 0.261 e. The van der Waals surface area contributed by atoms with E-state index in [0.29, 0.717) is 17.4 Å². The number of sulfonamides is 1. The number of rotatable bonds is 9. The van der Waals surface area contributed by atoms with Gasteiger partial charge in [0.05, 0.1) is 25.1 Å². The van der Waals surface area contributed by atoms with Crippen LogP contribution in [0.25, 0.3) is 0 Å². The van der Waals surface area contributed by atoms with Gasteiger partial charge in [-0.2, -0.15) is 0 Å². The first kappa shape index (κ1) is 25.5. The fourth-order valence-corrected chi connectivity index (χ4v) is 3.91. The molecule has 0 aromatic heterocycles. The molecule has 0 saturated carbocycles. The van der Waals surface area contributed by atoms with E-state index in [4.69, 9.17) is 9.47 Å². The highest BCUT2D eigenvalue weighted by molar-refractivity contribution is 7.92. The third-order valence-electron chi connectivity index (χ3n) is 5.45. The number of carbonyl (C=O) groups is 1. The molecule has 0 aliphatic carbocycles. The summed E-state index contributed by atoms with van der Waals surface area (Å²) in [6.07, 6.45) is 0.415. The second-order valence-electron chi connectivity index (χ2n) is 8.32. The third kappa shape index (κ3) is 6.16. The number of methoxy groups -OCH3 is 1. The van der Waals surface area contributed by atoms with Crippen LogP contribution in [0.15, 0.2) is 36.4 Å². The van der Waals surface area contributed by atoms with Gasteiger partial charge in [0.25, 0.3) is 5.91 Å². The zero-order valence-electron chi connectivity index (χ0n) is 20.1. The highest BCUT2D eigenvalue weighted by atomic mass is 32.2. The normalized spacial score (nSPS) is 13.4. The first-order valence-electron chi connectivity index (χ1n) is 10.5. The lowest BCUT2D eigenvalue weighted by atomic mass is 9.93. The summed E-state index contributed by atoms with van der Waals surface area (Å²) in [7, 11) is -0.198. The lowest BCUT2D eigenvalue weighted by Gasteiger charge is -2.23. The van der Waals surface area contributed by atoms with Crippen molar-refractivity contribution in [3.05, 3.63) is 53.1 Å². The van der Waals surface area contributed by atoms with Crippen LogP contribution in [0.3, 0.4) is 0 Å². The average Bonchev–Trinajstić information content (AvgIpc) is 2.72. The molecule has 2 aromatic rings. The Morgan fingerprint density at radius 1 is 1.03 bits per heavy atom. The van der Waals surface area contributed by atoms with Crippen molar-refractivity contribution in [1.29, 1.82) is 0 Å². The van der Waals surface area contributed by atoms with Crippen molar-refractivity contribution in [3.63, 3.8) is 0 Å². The number of hydrogen-bond acceptors (Lipinski definition) is 5. The highest BCUT2D eigenvalue weighted by Crippen LogP contribution is 2.32. The van der Waals surface area contributed by atoms with Gasteiger partial charge in [-0.05, 0) is 79.8 Å². The van der Waals surface area contributed by atoms with Gasteiger partial charge < -0.3 is 14.8 Å². The number of aryl methyl sites for hydroxylation is 1. The summed E-state index contributed by atoms with van der Waals surface area (Å²) >= 11 is 0. The molecule has 1 N–H and O–H groups in total. The van der Waals surface area contributed by atoms with Crippen molar-refractivity contribution < 1.29 is 22.7 Å². The Morgan fingerprint density at radius 3 is 2.12 bits per heavy atom. The third-order valence-corrected chi connectivity index (χ3v) is 6.65.